The molecule has 2 fully saturated rings. The van der Waals surface area contributed by atoms with Crippen molar-refractivity contribution in [2.75, 3.05) is 63.8 Å². The van der Waals surface area contributed by atoms with Crippen LogP contribution >= 0.6 is 0 Å². The van der Waals surface area contributed by atoms with Crippen LogP contribution in [-0.4, -0.2) is 85.5 Å². The monoisotopic (exact) mass is 492 g/mol. The van der Waals surface area contributed by atoms with Crippen LogP contribution in [0.4, 0.5) is 11.5 Å². The Morgan fingerprint density at radius 2 is 1.83 bits per heavy atom. The summed E-state index contributed by atoms with van der Waals surface area (Å²) < 4.78 is 17.8. The Balaban J connectivity index is 1.17. The van der Waals surface area contributed by atoms with Gasteiger partial charge in [0.2, 0.25) is 0 Å². The lowest BCUT2D eigenvalue weighted by molar-refractivity contribution is 0.122. The summed E-state index contributed by atoms with van der Waals surface area (Å²) in [5, 5.41) is 3.58. The summed E-state index contributed by atoms with van der Waals surface area (Å²) >= 11 is 0. The molecule has 3 aromatic rings. The fraction of sp³-hybridized carbons (Fsp3) is 0.519. The van der Waals surface area contributed by atoms with Crippen LogP contribution in [-0.2, 0) is 4.74 Å². The summed E-state index contributed by atoms with van der Waals surface area (Å²) in [7, 11) is 4.07. The lowest BCUT2D eigenvalue weighted by atomic mass is 9.93. The molecule has 192 valence electrons. The summed E-state index contributed by atoms with van der Waals surface area (Å²) in [5.74, 6) is 2.51. The number of benzene rings is 1. The molecule has 5 rings (SSSR count). The maximum Gasteiger partial charge on any atom is 0.149 e. The first kappa shape index (κ1) is 24.5. The van der Waals surface area contributed by atoms with Crippen molar-refractivity contribution in [3.63, 3.8) is 0 Å². The molecule has 1 saturated carbocycles. The Morgan fingerprint density at radius 1 is 1.03 bits per heavy atom. The molecule has 1 aromatic carbocycles. The third-order valence-corrected chi connectivity index (χ3v) is 6.76. The predicted octanol–water partition coefficient (Wildman–Crippen LogP) is 3.60. The molecule has 9 nitrogen and oxygen atoms in total. The number of hydrogen-bond acceptors (Lipinski definition) is 9. The van der Waals surface area contributed by atoms with Gasteiger partial charge in [-0.25, -0.2) is 9.97 Å². The molecule has 3 heterocycles. The van der Waals surface area contributed by atoms with Crippen molar-refractivity contribution in [3.05, 3.63) is 42.9 Å². The van der Waals surface area contributed by atoms with E-state index in [1.54, 1.807) is 18.6 Å². The molecule has 0 radical (unpaired) electrons. The van der Waals surface area contributed by atoms with Crippen LogP contribution in [0.25, 0.3) is 11.0 Å². The Kier molecular flexibility index (Phi) is 7.98. The molecule has 2 aliphatic rings. The number of fused-ring (bicyclic) bond motifs is 1. The van der Waals surface area contributed by atoms with Gasteiger partial charge in [-0.2, -0.15) is 0 Å². The van der Waals surface area contributed by atoms with E-state index in [-0.39, 0.29) is 6.10 Å². The quantitative estimate of drug-likeness (QED) is 0.481. The number of ether oxygens (including phenoxy) is 3. The van der Waals surface area contributed by atoms with E-state index in [1.807, 2.05) is 26.2 Å². The van der Waals surface area contributed by atoms with Gasteiger partial charge < -0.3 is 29.3 Å². The molecule has 2 aromatic heterocycles. The summed E-state index contributed by atoms with van der Waals surface area (Å²) in [6, 6.07) is 8.59. The van der Waals surface area contributed by atoms with Gasteiger partial charge in [0.1, 0.15) is 29.4 Å². The molecule has 0 bridgehead atoms. The van der Waals surface area contributed by atoms with Gasteiger partial charge in [0.25, 0.3) is 0 Å². The molecular weight excluding hydrogens is 456 g/mol. The van der Waals surface area contributed by atoms with Crippen LogP contribution in [0.2, 0.25) is 0 Å². The Morgan fingerprint density at radius 3 is 2.58 bits per heavy atom. The van der Waals surface area contributed by atoms with Crippen molar-refractivity contribution >= 4 is 22.5 Å². The minimum atomic E-state index is 0.161. The molecule has 36 heavy (non-hydrogen) atoms. The van der Waals surface area contributed by atoms with Crippen molar-refractivity contribution in [2.45, 2.75) is 37.8 Å². The molecule has 1 N–H and O–H groups in total. The molecule has 0 unspecified atom stereocenters. The number of hydrogen-bond donors (Lipinski definition) is 1. The Bertz CT molecular complexity index is 1110. The largest absolute Gasteiger partial charge is 0.491 e. The van der Waals surface area contributed by atoms with Crippen molar-refractivity contribution in [1.29, 1.82) is 0 Å². The highest BCUT2D eigenvalue weighted by molar-refractivity contribution is 5.85. The van der Waals surface area contributed by atoms with E-state index in [2.05, 4.69) is 42.2 Å². The van der Waals surface area contributed by atoms with Gasteiger partial charge in [-0.15, -0.1) is 0 Å². The van der Waals surface area contributed by atoms with E-state index >= 15 is 0 Å². The van der Waals surface area contributed by atoms with Crippen LogP contribution in [0.3, 0.4) is 0 Å². The summed E-state index contributed by atoms with van der Waals surface area (Å²) in [5.41, 5.74) is 2.82. The number of nitrogens with zero attached hydrogens (tertiary/aromatic N) is 5. The van der Waals surface area contributed by atoms with E-state index in [0.717, 1.165) is 92.6 Å². The van der Waals surface area contributed by atoms with Gasteiger partial charge in [-0.1, -0.05) is 0 Å². The van der Waals surface area contributed by atoms with E-state index in [9.17, 15) is 0 Å². The minimum Gasteiger partial charge on any atom is -0.491 e. The number of pyridine rings is 1. The minimum absolute atomic E-state index is 0.161. The van der Waals surface area contributed by atoms with E-state index in [4.69, 9.17) is 14.2 Å². The van der Waals surface area contributed by atoms with Crippen molar-refractivity contribution < 1.29 is 14.2 Å². The summed E-state index contributed by atoms with van der Waals surface area (Å²) in [4.78, 5) is 18.1. The van der Waals surface area contributed by atoms with Gasteiger partial charge in [0.15, 0.2) is 0 Å². The van der Waals surface area contributed by atoms with Crippen molar-refractivity contribution in [1.82, 2.24) is 19.9 Å². The number of aromatic nitrogens is 3. The van der Waals surface area contributed by atoms with E-state index < -0.39 is 0 Å². The standard InChI is InChI=1S/C27H36N6O3/c1-32(2)11-16-35-23-7-8-26(30-19-23)31-20-3-5-22(6-4-20)36-25-18-21(33-12-14-34-15-13-33)17-24-27(25)29-10-9-28-24/h7-10,17-20,22H,3-6,11-16H2,1-2H3,(H,30,31). The first-order valence-corrected chi connectivity index (χ1v) is 12.9. The topological polar surface area (TPSA) is 84.9 Å². The van der Waals surface area contributed by atoms with Crippen LogP contribution in [0.5, 0.6) is 11.5 Å². The molecule has 9 heteroatoms. The smallest absolute Gasteiger partial charge is 0.149 e. The maximum atomic E-state index is 6.54. The summed E-state index contributed by atoms with van der Waals surface area (Å²) in [6.45, 7) is 4.77. The zero-order valence-electron chi connectivity index (χ0n) is 21.2. The average Bonchev–Trinajstić information content (AvgIpc) is 2.91. The normalized spacial score (nSPS) is 20.5. The lowest BCUT2D eigenvalue weighted by Crippen LogP contribution is -2.36. The second-order valence-corrected chi connectivity index (χ2v) is 9.73. The first-order chi connectivity index (χ1) is 17.6. The molecule has 1 aliphatic carbocycles. The average molecular weight is 493 g/mol. The molecular formula is C27H36N6O3. The fourth-order valence-corrected chi connectivity index (χ4v) is 4.73. The lowest BCUT2D eigenvalue weighted by Gasteiger charge is -2.31. The van der Waals surface area contributed by atoms with E-state index in [1.165, 1.54) is 0 Å². The molecule has 0 spiro atoms. The van der Waals surface area contributed by atoms with Crippen molar-refractivity contribution in [3.8, 4) is 11.5 Å². The number of likely N-dealkylation sites (N-methyl/N-ethyl adjacent to an activating group) is 1. The van der Waals surface area contributed by atoms with Gasteiger partial charge >= 0.3 is 0 Å². The maximum absolute atomic E-state index is 6.54. The third-order valence-electron chi connectivity index (χ3n) is 6.76. The van der Waals surface area contributed by atoms with E-state index in [0.29, 0.717) is 12.6 Å². The van der Waals surface area contributed by atoms with Gasteiger partial charge in [0, 0.05) is 49.8 Å². The van der Waals surface area contributed by atoms with Gasteiger partial charge in [0.05, 0.1) is 31.0 Å². The first-order valence-electron chi connectivity index (χ1n) is 12.9. The number of morpholine rings is 1. The zero-order valence-corrected chi connectivity index (χ0v) is 21.2. The SMILES string of the molecule is CN(C)CCOc1ccc(NC2CCC(Oc3cc(N4CCOCC4)cc4nccnc34)CC2)nc1. The predicted molar refractivity (Wildman–Crippen MR) is 141 cm³/mol. The van der Waals surface area contributed by atoms with Gasteiger partial charge in [-0.3, -0.25) is 4.98 Å². The number of rotatable bonds is 9. The highest BCUT2D eigenvalue weighted by atomic mass is 16.5. The highest BCUT2D eigenvalue weighted by Crippen LogP contribution is 2.33. The summed E-state index contributed by atoms with van der Waals surface area (Å²) in [6.07, 6.45) is 9.44. The van der Waals surface area contributed by atoms with Crippen LogP contribution in [0.15, 0.2) is 42.9 Å². The molecule has 0 amide bonds. The van der Waals surface area contributed by atoms with Crippen LogP contribution in [0.1, 0.15) is 25.7 Å². The second-order valence-electron chi connectivity index (χ2n) is 9.73. The fourth-order valence-electron chi connectivity index (χ4n) is 4.73. The zero-order chi connectivity index (χ0) is 24.7. The second kappa shape index (κ2) is 11.7. The molecule has 1 saturated heterocycles. The Hall–Kier alpha value is -3.17. The number of anilines is 2. The molecule has 0 atom stereocenters. The van der Waals surface area contributed by atoms with Gasteiger partial charge in [-0.05, 0) is 58.0 Å². The highest BCUT2D eigenvalue weighted by Gasteiger charge is 2.24. The number of nitrogens with one attached hydrogen (secondary N) is 1. The van der Waals surface area contributed by atoms with Crippen LogP contribution in [0, 0.1) is 0 Å². The third kappa shape index (κ3) is 6.33. The van der Waals surface area contributed by atoms with Crippen molar-refractivity contribution in [2.24, 2.45) is 0 Å². The molecule has 1 aliphatic heterocycles. The van der Waals surface area contributed by atoms with Crippen LogP contribution < -0.4 is 19.7 Å². The Labute approximate surface area is 212 Å².